The summed E-state index contributed by atoms with van der Waals surface area (Å²) in [7, 11) is 0. The molecule has 2 rings (SSSR count). The smallest absolute Gasteiger partial charge is 0.139 e. The molecule has 3 nitrogen and oxygen atoms in total. The highest BCUT2D eigenvalue weighted by molar-refractivity contribution is 5.12. The highest BCUT2D eigenvalue weighted by Gasteiger charge is 2.22. The molecule has 0 amide bonds. The van der Waals surface area contributed by atoms with Gasteiger partial charge in [0.15, 0.2) is 0 Å². The summed E-state index contributed by atoms with van der Waals surface area (Å²) in [5.41, 5.74) is 1.07. The van der Waals surface area contributed by atoms with Crippen molar-refractivity contribution in [2.75, 3.05) is 6.61 Å². The van der Waals surface area contributed by atoms with E-state index in [0.717, 1.165) is 11.5 Å². The quantitative estimate of drug-likeness (QED) is 0.741. The fraction of sp³-hybridized carbons (Fsp3) is 0.667. The molecule has 3 heteroatoms. The normalized spacial score (nSPS) is 17.8. The van der Waals surface area contributed by atoms with E-state index in [1.165, 1.54) is 19.3 Å². The minimum Gasteiger partial charge on any atom is -0.396 e. The van der Waals surface area contributed by atoms with Crippen LogP contribution in [-0.2, 0) is 6.42 Å². The number of hydrogen-bond acceptors (Lipinski definition) is 3. The van der Waals surface area contributed by atoms with Crippen molar-refractivity contribution < 1.29 is 9.63 Å². The zero-order valence-corrected chi connectivity index (χ0v) is 6.99. The second kappa shape index (κ2) is 3.27. The minimum atomic E-state index is 0.138. The third kappa shape index (κ3) is 1.37. The lowest BCUT2D eigenvalue weighted by atomic mass is 9.83. The van der Waals surface area contributed by atoms with Gasteiger partial charge in [0, 0.05) is 18.4 Å². The van der Waals surface area contributed by atoms with Crippen LogP contribution in [0.3, 0.4) is 0 Å². The standard InChI is InChI=1S/C9H13NO2/c11-5-4-8-6-9(10-12-8)7-2-1-3-7/h6-7,11H,1-5H2. The van der Waals surface area contributed by atoms with Crippen molar-refractivity contribution in [3.05, 3.63) is 17.5 Å². The molecule has 0 spiro atoms. The number of aliphatic hydroxyl groups excluding tert-OH is 1. The van der Waals surface area contributed by atoms with Gasteiger partial charge in [0.05, 0.1) is 12.3 Å². The molecule has 1 saturated carbocycles. The first-order valence-corrected chi connectivity index (χ1v) is 4.46. The fourth-order valence-electron chi connectivity index (χ4n) is 1.45. The van der Waals surface area contributed by atoms with E-state index in [1.807, 2.05) is 6.07 Å². The van der Waals surface area contributed by atoms with Crippen LogP contribution in [0.2, 0.25) is 0 Å². The van der Waals surface area contributed by atoms with Gasteiger partial charge in [0.1, 0.15) is 5.76 Å². The first-order valence-electron chi connectivity index (χ1n) is 4.46. The van der Waals surface area contributed by atoms with Crippen molar-refractivity contribution in [1.82, 2.24) is 5.16 Å². The van der Waals surface area contributed by atoms with Gasteiger partial charge in [-0.2, -0.15) is 0 Å². The van der Waals surface area contributed by atoms with E-state index in [0.29, 0.717) is 12.3 Å². The monoisotopic (exact) mass is 167 g/mol. The molecule has 1 aliphatic carbocycles. The summed E-state index contributed by atoms with van der Waals surface area (Å²) in [5.74, 6) is 1.43. The molecule has 0 bridgehead atoms. The Labute approximate surface area is 71.4 Å². The Bertz CT molecular complexity index is 253. The van der Waals surface area contributed by atoms with Gasteiger partial charge in [-0.15, -0.1) is 0 Å². The average molecular weight is 167 g/mol. The zero-order chi connectivity index (χ0) is 8.39. The van der Waals surface area contributed by atoms with Crippen LogP contribution in [-0.4, -0.2) is 16.9 Å². The Balaban J connectivity index is 2.02. The van der Waals surface area contributed by atoms with E-state index in [-0.39, 0.29) is 6.61 Å². The molecule has 1 aromatic heterocycles. The molecule has 0 unspecified atom stereocenters. The predicted octanol–water partition coefficient (Wildman–Crippen LogP) is 1.48. The van der Waals surface area contributed by atoms with E-state index in [4.69, 9.17) is 9.63 Å². The molecular formula is C9H13NO2. The predicted molar refractivity (Wildman–Crippen MR) is 43.9 cm³/mol. The summed E-state index contributed by atoms with van der Waals surface area (Å²) in [6.07, 6.45) is 4.38. The largest absolute Gasteiger partial charge is 0.396 e. The van der Waals surface area contributed by atoms with Crippen molar-refractivity contribution >= 4 is 0 Å². The van der Waals surface area contributed by atoms with Gasteiger partial charge in [0.2, 0.25) is 0 Å². The fourth-order valence-corrected chi connectivity index (χ4v) is 1.45. The van der Waals surface area contributed by atoms with Crippen molar-refractivity contribution in [2.45, 2.75) is 31.6 Å². The molecule has 1 aliphatic rings. The molecule has 0 aliphatic heterocycles. The molecule has 12 heavy (non-hydrogen) atoms. The number of nitrogens with zero attached hydrogens (tertiary/aromatic N) is 1. The second-order valence-electron chi connectivity index (χ2n) is 3.32. The van der Waals surface area contributed by atoms with E-state index in [1.54, 1.807) is 0 Å². The van der Waals surface area contributed by atoms with Crippen LogP contribution >= 0.6 is 0 Å². The molecular weight excluding hydrogens is 154 g/mol. The maximum atomic E-state index is 8.65. The van der Waals surface area contributed by atoms with Gasteiger partial charge in [-0.3, -0.25) is 0 Å². The Morgan fingerprint density at radius 3 is 3.00 bits per heavy atom. The van der Waals surface area contributed by atoms with Crippen LogP contribution in [0.4, 0.5) is 0 Å². The molecule has 0 radical (unpaired) electrons. The highest BCUT2D eigenvalue weighted by atomic mass is 16.5. The van der Waals surface area contributed by atoms with Crippen LogP contribution < -0.4 is 0 Å². The number of aromatic nitrogens is 1. The number of aliphatic hydroxyl groups is 1. The van der Waals surface area contributed by atoms with Crippen molar-refractivity contribution in [1.29, 1.82) is 0 Å². The Kier molecular flexibility index (Phi) is 2.13. The maximum Gasteiger partial charge on any atom is 0.139 e. The molecule has 1 fully saturated rings. The van der Waals surface area contributed by atoms with Crippen molar-refractivity contribution in [3.8, 4) is 0 Å². The third-order valence-electron chi connectivity index (χ3n) is 2.46. The third-order valence-corrected chi connectivity index (χ3v) is 2.46. The number of hydrogen-bond donors (Lipinski definition) is 1. The molecule has 1 N–H and O–H groups in total. The van der Waals surface area contributed by atoms with E-state index in [2.05, 4.69) is 5.16 Å². The lowest BCUT2D eigenvalue weighted by Gasteiger charge is -2.22. The summed E-state index contributed by atoms with van der Waals surface area (Å²) in [5, 5.41) is 12.6. The zero-order valence-electron chi connectivity index (χ0n) is 6.99. The van der Waals surface area contributed by atoms with Gasteiger partial charge < -0.3 is 9.63 Å². The van der Waals surface area contributed by atoms with Gasteiger partial charge in [-0.1, -0.05) is 11.6 Å². The molecule has 0 atom stereocenters. The van der Waals surface area contributed by atoms with Crippen LogP contribution in [0.25, 0.3) is 0 Å². The molecule has 0 aromatic carbocycles. The van der Waals surface area contributed by atoms with Crippen LogP contribution in [0, 0.1) is 0 Å². The topological polar surface area (TPSA) is 46.3 Å². The van der Waals surface area contributed by atoms with Crippen molar-refractivity contribution in [2.24, 2.45) is 0 Å². The van der Waals surface area contributed by atoms with Crippen LogP contribution in [0.15, 0.2) is 10.6 Å². The van der Waals surface area contributed by atoms with E-state index < -0.39 is 0 Å². The van der Waals surface area contributed by atoms with Crippen LogP contribution in [0.5, 0.6) is 0 Å². The number of rotatable bonds is 3. The Morgan fingerprint density at radius 2 is 2.42 bits per heavy atom. The van der Waals surface area contributed by atoms with E-state index in [9.17, 15) is 0 Å². The van der Waals surface area contributed by atoms with Gasteiger partial charge in [0.25, 0.3) is 0 Å². The summed E-state index contributed by atoms with van der Waals surface area (Å²) >= 11 is 0. The van der Waals surface area contributed by atoms with Crippen molar-refractivity contribution in [3.63, 3.8) is 0 Å². The molecule has 1 aromatic rings. The van der Waals surface area contributed by atoms with E-state index >= 15 is 0 Å². The maximum absolute atomic E-state index is 8.65. The second-order valence-corrected chi connectivity index (χ2v) is 3.32. The lowest BCUT2D eigenvalue weighted by Crippen LogP contribution is -2.08. The highest BCUT2D eigenvalue weighted by Crippen LogP contribution is 2.35. The molecule has 66 valence electrons. The summed E-state index contributed by atoms with van der Waals surface area (Å²) < 4.78 is 5.05. The average Bonchev–Trinajstić information content (AvgIpc) is 2.34. The lowest BCUT2D eigenvalue weighted by molar-refractivity contribution is 0.275. The Morgan fingerprint density at radius 1 is 1.58 bits per heavy atom. The van der Waals surface area contributed by atoms with Gasteiger partial charge >= 0.3 is 0 Å². The van der Waals surface area contributed by atoms with Gasteiger partial charge in [-0.05, 0) is 12.8 Å². The first-order chi connectivity index (χ1) is 5.90. The minimum absolute atomic E-state index is 0.138. The summed E-state index contributed by atoms with van der Waals surface area (Å²) in [6, 6.07) is 1.97. The summed E-state index contributed by atoms with van der Waals surface area (Å²) in [4.78, 5) is 0. The SMILES string of the molecule is OCCc1cc(C2CCC2)no1. The first kappa shape index (κ1) is 7.80. The molecule has 0 saturated heterocycles. The summed E-state index contributed by atoms with van der Waals surface area (Å²) in [6.45, 7) is 0.138. The van der Waals surface area contributed by atoms with Gasteiger partial charge in [-0.25, -0.2) is 0 Å². The van der Waals surface area contributed by atoms with Crippen LogP contribution in [0.1, 0.15) is 36.6 Å². The Hall–Kier alpha value is -0.830. The molecule has 1 heterocycles.